The van der Waals surface area contributed by atoms with Crippen LogP contribution in [-0.2, 0) is 0 Å². The minimum absolute atomic E-state index is 0.260. The Kier molecular flexibility index (Phi) is 4.53. The van der Waals surface area contributed by atoms with Crippen LogP contribution in [0.15, 0.2) is 53.9 Å². The summed E-state index contributed by atoms with van der Waals surface area (Å²) in [5.74, 6) is 0.792. The van der Waals surface area contributed by atoms with E-state index < -0.39 is 0 Å². The van der Waals surface area contributed by atoms with Crippen molar-refractivity contribution in [2.24, 2.45) is 0 Å². The molecule has 7 heteroatoms. The maximum Gasteiger partial charge on any atom is 0.270 e. The highest BCUT2D eigenvalue weighted by molar-refractivity contribution is 7.13. The maximum atomic E-state index is 13.0. The van der Waals surface area contributed by atoms with Gasteiger partial charge in [0.25, 0.3) is 5.91 Å². The fourth-order valence-corrected chi connectivity index (χ4v) is 3.37. The normalized spacial score (nSPS) is 15.5. The number of nitrogens with one attached hydrogen (secondary N) is 1. The molecule has 1 aliphatic rings. The summed E-state index contributed by atoms with van der Waals surface area (Å²) in [6.07, 6.45) is -0.260. The van der Waals surface area contributed by atoms with Crippen LogP contribution in [0, 0.1) is 5.82 Å². The predicted molar refractivity (Wildman–Crippen MR) is 96.2 cm³/mol. The fourth-order valence-electron chi connectivity index (χ4n) is 2.56. The molecule has 132 valence electrons. The molecule has 1 amide bonds. The van der Waals surface area contributed by atoms with Gasteiger partial charge in [-0.3, -0.25) is 4.79 Å². The molecule has 1 N–H and O–H groups in total. The van der Waals surface area contributed by atoms with Gasteiger partial charge in [-0.05, 0) is 36.4 Å². The molecule has 2 aromatic carbocycles. The molecular formula is C19H15FN2O3S. The SMILES string of the molecule is O=C(NCC1COc2ccccc2O1)c1csc(-c2ccc(F)cc2)n1. The van der Waals surface area contributed by atoms with E-state index >= 15 is 0 Å². The van der Waals surface area contributed by atoms with Gasteiger partial charge < -0.3 is 14.8 Å². The molecule has 2 heterocycles. The summed E-state index contributed by atoms with van der Waals surface area (Å²) in [5, 5.41) is 5.16. The second-order valence-corrected chi connectivity index (χ2v) is 6.61. The Balaban J connectivity index is 1.36. The Bertz CT molecular complexity index is 927. The first-order valence-electron chi connectivity index (χ1n) is 8.07. The third-order valence-corrected chi connectivity index (χ3v) is 4.78. The molecule has 5 nitrogen and oxygen atoms in total. The van der Waals surface area contributed by atoms with Crippen molar-refractivity contribution in [3.8, 4) is 22.1 Å². The highest BCUT2D eigenvalue weighted by atomic mass is 32.1. The zero-order valence-corrected chi connectivity index (χ0v) is 14.5. The Morgan fingerprint density at radius 1 is 1.19 bits per heavy atom. The molecule has 0 saturated carbocycles. The molecule has 0 fully saturated rings. The van der Waals surface area contributed by atoms with Gasteiger partial charge in [0, 0.05) is 10.9 Å². The number of benzene rings is 2. The zero-order valence-electron chi connectivity index (χ0n) is 13.6. The molecule has 26 heavy (non-hydrogen) atoms. The average molecular weight is 370 g/mol. The van der Waals surface area contributed by atoms with Gasteiger partial charge >= 0.3 is 0 Å². The second kappa shape index (κ2) is 7.13. The Hall–Kier alpha value is -2.93. The minimum atomic E-state index is -0.306. The monoisotopic (exact) mass is 370 g/mol. The van der Waals surface area contributed by atoms with Crippen molar-refractivity contribution in [3.05, 3.63) is 65.4 Å². The second-order valence-electron chi connectivity index (χ2n) is 5.75. The van der Waals surface area contributed by atoms with Crippen LogP contribution in [0.25, 0.3) is 10.6 Å². The van der Waals surface area contributed by atoms with Crippen molar-refractivity contribution in [1.29, 1.82) is 0 Å². The van der Waals surface area contributed by atoms with Crippen LogP contribution in [0.5, 0.6) is 11.5 Å². The van der Waals surface area contributed by atoms with Crippen LogP contribution >= 0.6 is 11.3 Å². The molecule has 0 bridgehead atoms. The van der Waals surface area contributed by atoms with Crippen molar-refractivity contribution in [1.82, 2.24) is 10.3 Å². The molecule has 0 spiro atoms. The third kappa shape index (κ3) is 3.52. The van der Waals surface area contributed by atoms with Gasteiger partial charge in [-0.15, -0.1) is 11.3 Å². The summed E-state index contributed by atoms with van der Waals surface area (Å²) < 4.78 is 24.4. The lowest BCUT2D eigenvalue weighted by molar-refractivity contribution is 0.0787. The summed E-state index contributed by atoms with van der Waals surface area (Å²) in [7, 11) is 0. The first kappa shape index (κ1) is 16.5. The number of ether oxygens (including phenoxy) is 2. The number of rotatable bonds is 4. The third-order valence-electron chi connectivity index (χ3n) is 3.89. The van der Waals surface area contributed by atoms with Crippen LogP contribution in [0.2, 0.25) is 0 Å². The number of carbonyl (C=O) groups excluding carboxylic acids is 1. The standard InChI is InChI=1S/C19H15FN2O3S/c20-13-7-5-12(6-8-13)19-22-15(11-26-19)18(23)21-9-14-10-24-16-3-1-2-4-17(16)25-14/h1-8,11,14H,9-10H2,(H,21,23). The lowest BCUT2D eigenvalue weighted by atomic mass is 10.2. The highest BCUT2D eigenvalue weighted by Gasteiger charge is 2.22. The molecule has 4 rings (SSSR count). The van der Waals surface area contributed by atoms with E-state index in [0.717, 1.165) is 5.56 Å². The van der Waals surface area contributed by atoms with E-state index in [2.05, 4.69) is 10.3 Å². The van der Waals surface area contributed by atoms with Crippen LogP contribution in [0.4, 0.5) is 4.39 Å². The Morgan fingerprint density at radius 3 is 2.77 bits per heavy atom. The van der Waals surface area contributed by atoms with Gasteiger partial charge in [0.1, 0.15) is 29.2 Å². The topological polar surface area (TPSA) is 60.5 Å². The van der Waals surface area contributed by atoms with Crippen LogP contribution < -0.4 is 14.8 Å². The summed E-state index contributed by atoms with van der Waals surface area (Å²) in [6, 6.07) is 13.4. The van der Waals surface area contributed by atoms with Crippen LogP contribution in [0.3, 0.4) is 0 Å². The van der Waals surface area contributed by atoms with Crippen LogP contribution in [0.1, 0.15) is 10.5 Å². The van der Waals surface area contributed by atoms with Crippen molar-refractivity contribution >= 4 is 17.2 Å². The van der Waals surface area contributed by atoms with E-state index in [9.17, 15) is 9.18 Å². The Labute approximate surface area is 153 Å². The summed E-state index contributed by atoms with van der Waals surface area (Å²) in [5.41, 5.74) is 1.10. The number of nitrogens with zero attached hydrogens (tertiary/aromatic N) is 1. The Morgan fingerprint density at radius 2 is 1.96 bits per heavy atom. The lowest BCUT2D eigenvalue weighted by Gasteiger charge is -2.26. The lowest BCUT2D eigenvalue weighted by Crippen LogP contribution is -2.40. The number of carbonyl (C=O) groups is 1. The maximum absolute atomic E-state index is 13.0. The number of fused-ring (bicyclic) bond motifs is 1. The van der Waals surface area contributed by atoms with Gasteiger partial charge in [-0.2, -0.15) is 0 Å². The molecule has 1 atom stereocenters. The number of aromatic nitrogens is 1. The van der Waals surface area contributed by atoms with E-state index in [4.69, 9.17) is 9.47 Å². The summed E-state index contributed by atoms with van der Waals surface area (Å²) in [4.78, 5) is 16.6. The van der Waals surface area contributed by atoms with Gasteiger partial charge in [0.2, 0.25) is 0 Å². The number of hydrogen-bond donors (Lipinski definition) is 1. The van der Waals surface area contributed by atoms with Gasteiger partial charge in [-0.1, -0.05) is 12.1 Å². The van der Waals surface area contributed by atoms with Gasteiger partial charge in [-0.25, -0.2) is 9.37 Å². The quantitative estimate of drug-likeness (QED) is 0.763. The zero-order chi connectivity index (χ0) is 17.9. The molecule has 0 saturated heterocycles. The molecule has 0 radical (unpaired) electrons. The van der Waals surface area contributed by atoms with E-state index in [1.54, 1.807) is 17.5 Å². The van der Waals surface area contributed by atoms with Gasteiger partial charge in [0.05, 0.1) is 6.54 Å². The predicted octanol–water partition coefficient (Wildman–Crippen LogP) is 3.52. The van der Waals surface area contributed by atoms with E-state index in [1.807, 2.05) is 24.3 Å². The number of hydrogen-bond acceptors (Lipinski definition) is 5. The largest absolute Gasteiger partial charge is 0.486 e. The molecule has 1 unspecified atom stereocenters. The molecule has 0 aliphatic carbocycles. The molecule has 1 aliphatic heterocycles. The van der Waals surface area contributed by atoms with E-state index in [0.29, 0.717) is 35.4 Å². The number of halogens is 1. The van der Waals surface area contributed by atoms with Crippen molar-refractivity contribution in [2.45, 2.75) is 6.10 Å². The van der Waals surface area contributed by atoms with E-state index in [-0.39, 0.29) is 17.8 Å². The van der Waals surface area contributed by atoms with Crippen molar-refractivity contribution in [2.75, 3.05) is 13.2 Å². The number of amides is 1. The molecular weight excluding hydrogens is 355 g/mol. The molecule has 1 aromatic heterocycles. The highest BCUT2D eigenvalue weighted by Crippen LogP contribution is 2.30. The molecule has 3 aromatic rings. The first-order valence-corrected chi connectivity index (χ1v) is 8.95. The van der Waals surface area contributed by atoms with Gasteiger partial charge in [0.15, 0.2) is 11.5 Å². The van der Waals surface area contributed by atoms with Crippen molar-refractivity contribution < 1.29 is 18.7 Å². The minimum Gasteiger partial charge on any atom is -0.486 e. The fraction of sp³-hybridized carbons (Fsp3) is 0.158. The van der Waals surface area contributed by atoms with E-state index in [1.165, 1.54) is 23.5 Å². The number of thiazole rings is 1. The first-order chi connectivity index (χ1) is 12.7. The van der Waals surface area contributed by atoms with Crippen molar-refractivity contribution in [3.63, 3.8) is 0 Å². The van der Waals surface area contributed by atoms with Crippen LogP contribution in [-0.4, -0.2) is 30.1 Å². The average Bonchev–Trinajstić information content (AvgIpc) is 3.17. The smallest absolute Gasteiger partial charge is 0.270 e. The summed E-state index contributed by atoms with van der Waals surface area (Å²) in [6.45, 7) is 0.686. The number of para-hydroxylation sites is 2. The summed E-state index contributed by atoms with van der Waals surface area (Å²) >= 11 is 1.34.